The van der Waals surface area contributed by atoms with Gasteiger partial charge in [-0.3, -0.25) is 0 Å². The summed E-state index contributed by atoms with van der Waals surface area (Å²) in [5.41, 5.74) is 2.73. The molecule has 0 heterocycles. The Morgan fingerprint density at radius 2 is 1.74 bits per heavy atom. The molecule has 0 spiro atoms. The zero-order chi connectivity index (χ0) is 13.7. The van der Waals surface area contributed by atoms with Gasteiger partial charge in [0.05, 0.1) is 0 Å². The van der Waals surface area contributed by atoms with E-state index in [1.807, 2.05) is 0 Å². The summed E-state index contributed by atoms with van der Waals surface area (Å²) in [6.07, 6.45) is 5.45. The van der Waals surface area contributed by atoms with Gasteiger partial charge in [0.2, 0.25) is 0 Å². The number of hydrogen-bond donors (Lipinski definition) is 1. The fourth-order valence-corrected chi connectivity index (χ4v) is 2.96. The highest BCUT2D eigenvalue weighted by Crippen LogP contribution is 2.29. The number of benzene rings is 1. The van der Waals surface area contributed by atoms with Crippen LogP contribution < -0.4 is 10.2 Å². The highest BCUT2D eigenvalue weighted by molar-refractivity contribution is 5.47. The van der Waals surface area contributed by atoms with E-state index >= 15 is 0 Å². The SMILES string of the molecule is CCNCc1ccc(N(C)C2CCC(C)CC2)cc1. The first kappa shape index (κ1) is 14.4. The zero-order valence-electron chi connectivity index (χ0n) is 12.7. The van der Waals surface area contributed by atoms with Crippen LogP contribution in [-0.2, 0) is 6.54 Å². The van der Waals surface area contributed by atoms with E-state index in [-0.39, 0.29) is 0 Å². The number of nitrogens with zero attached hydrogens (tertiary/aromatic N) is 1. The number of rotatable bonds is 5. The Morgan fingerprint density at radius 1 is 1.11 bits per heavy atom. The normalized spacial score (nSPS) is 23.3. The van der Waals surface area contributed by atoms with Crippen LogP contribution in [0.25, 0.3) is 0 Å². The maximum atomic E-state index is 3.37. The molecule has 1 aromatic rings. The molecular weight excluding hydrogens is 232 g/mol. The van der Waals surface area contributed by atoms with E-state index in [9.17, 15) is 0 Å². The van der Waals surface area contributed by atoms with Crippen molar-refractivity contribution in [1.29, 1.82) is 0 Å². The van der Waals surface area contributed by atoms with Crippen molar-refractivity contribution in [3.8, 4) is 0 Å². The highest BCUT2D eigenvalue weighted by Gasteiger charge is 2.21. The molecule has 0 radical (unpaired) electrons. The minimum absolute atomic E-state index is 0.732. The number of anilines is 1. The van der Waals surface area contributed by atoms with Crippen molar-refractivity contribution in [3.63, 3.8) is 0 Å². The molecule has 106 valence electrons. The maximum absolute atomic E-state index is 3.37. The molecule has 2 rings (SSSR count). The van der Waals surface area contributed by atoms with E-state index < -0.39 is 0 Å². The minimum Gasteiger partial charge on any atom is -0.372 e. The molecule has 0 amide bonds. The molecule has 0 unspecified atom stereocenters. The summed E-state index contributed by atoms with van der Waals surface area (Å²) in [7, 11) is 2.25. The third-order valence-electron chi connectivity index (χ3n) is 4.46. The van der Waals surface area contributed by atoms with E-state index in [1.54, 1.807) is 0 Å². The summed E-state index contributed by atoms with van der Waals surface area (Å²) in [4.78, 5) is 2.48. The lowest BCUT2D eigenvalue weighted by Gasteiger charge is -2.35. The van der Waals surface area contributed by atoms with E-state index in [1.165, 1.54) is 36.9 Å². The second kappa shape index (κ2) is 6.95. The van der Waals surface area contributed by atoms with Crippen LogP contribution in [0.4, 0.5) is 5.69 Å². The third kappa shape index (κ3) is 3.97. The molecule has 1 aliphatic carbocycles. The van der Waals surface area contributed by atoms with Crippen LogP contribution >= 0.6 is 0 Å². The second-order valence-corrected chi connectivity index (χ2v) is 5.97. The molecule has 1 N–H and O–H groups in total. The van der Waals surface area contributed by atoms with Crippen LogP contribution in [0.5, 0.6) is 0 Å². The summed E-state index contributed by atoms with van der Waals surface area (Å²) in [5, 5.41) is 3.37. The van der Waals surface area contributed by atoms with Crippen LogP contribution in [0.2, 0.25) is 0 Å². The first-order chi connectivity index (χ1) is 9.20. The number of nitrogens with one attached hydrogen (secondary N) is 1. The van der Waals surface area contributed by atoms with Gasteiger partial charge >= 0.3 is 0 Å². The molecular formula is C17H28N2. The van der Waals surface area contributed by atoms with Crippen molar-refractivity contribution in [2.24, 2.45) is 5.92 Å². The molecule has 2 heteroatoms. The molecule has 2 nitrogen and oxygen atoms in total. The monoisotopic (exact) mass is 260 g/mol. The quantitative estimate of drug-likeness (QED) is 0.866. The second-order valence-electron chi connectivity index (χ2n) is 5.97. The summed E-state index contributed by atoms with van der Waals surface area (Å²) in [5.74, 6) is 0.923. The van der Waals surface area contributed by atoms with Gasteiger partial charge in [-0.1, -0.05) is 26.0 Å². The van der Waals surface area contributed by atoms with E-state index in [2.05, 4.69) is 55.4 Å². The predicted molar refractivity (Wildman–Crippen MR) is 83.6 cm³/mol. The van der Waals surface area contributed by atoms with Gasteiger partial charge in [-0.25, -0.2) is 0 Å². The molecule has 19 heavy (non-hydrogen) atoms. The molecule has 1 aliphatic rings. The van der Waals surface area contributed by atoms with Crippen molar-refractivity contribution in [3.05, 3.63) is 29.8 Å². The van der Waals surface area contributed by atoms with Gasteiger partial charge < -0.3 is 10.2 Å². The summed E-state index contributed by atoms with van der Waals surface area (Å²) < 4.78 is 0. The zero-order valence-corrected chi connectivity index (χ0v) is 12.7. The van der Waals surface area contributed by atoms with Gasteiger partial charge in [0, 0.05) is 25.3 Å². The minimum atomic E-state index is 0.732. The fourth-order valence-electron chi connectivity index (χ4n) is 2.96. The standard InChI is InChI=1S/C17H28N2/c1-4-18-13-15-7-11-17(12-8-15)19(3)16-9-5-14(2)6-10-16/h7-8,11-12,14,16,18H,4-6,9-10,13H2,1-3H3. The average Bonchev–Trinajstić information content (AvgIpc) is 2.46. The lowest BCUT2D eigenvalue weighted by atomic mass is 9.86. The van der Waals surface area contributed by atoms with Crippen molar-refractivity contribution >= 4 is 5.69 Å². The Balaban J connectivity index is 1.93. The van der Waals surface area contributed by atoms with Crippen LogP contribution in [0.1, 0.15) is 45.1 Å². The summed E-state index contributed by atoms with van der Waals surface area (Å²) in [6, 6.07) is 9.77. The van der Waals surface area contributed by atoms with Crippen LogP contribution in [-0.4, -0.2) is 19.6 Å². The van der Waals surface area contributed by atoms with Crippen molar-refractivity contribution in [2.45, 2.75) is 52.1 Å². The average molecular weight is 260 g/mol. The van der Waals surface area contributed by atoms with Gasteiger partial charge in [-0.2, -0.15) is 0 Å². The van der Waals surface area contributed by atoms with Gasteiger partial charge in [0.1, 0.15) is 0 Å². The van der Waals surface area contributed by atoms with Crippen molar-refractivity contribution in [2.75, 3.05) is 18.5 Å². The summed E-state index contributed by atoms with van der Waals surface area (Å²) >= 11 is 0. The van der Waals surface area contributed by atoms with Crippen LogP contribution in [0, 0.1) is 5.92 Å². The topological polar surface area (TPSA) is 15.3 Å². The predicted octanol–water partition coefficient (Wildman–Crippen LogP) is 3.81. The Bertz CT molecular complexity index is 363. The van der Waals surface area contributed by atoms with Crippen LogP contribution in [0.15, 0.2) is 24.3 Å². The maximum Gasteiger partial charge on any atom is 0.0366 e. The highest BCUT2D eigenvalue weighted by atomic mass is 15.1. The Labute approximate surface area is 118 Å². The van der Waals surface area contributed by atoms with E-state index in [4.69, 9.17) is 0 Å². The molecule has 1 saturated carbocycles. The molecule has 0 aliphatic heterocycles. The number of hydrogen-bond acceptors (Lipinski definition) is 2. The Morgan fingerprint density at radius 3 is 2.32 bits per heavy atom. The van der Waals surface area contributed by atoms with Crippen molar-refractivity contribution in [1.82, 2.24) is 5.32 Å². The Kier molecular flexibility index (Phi) is 5.26. The molecule has 1 aromatic carbocycles. The lowest BCUT2D eigenvalue weighted by Crippen LogP contribution is -2.34. The third-order valence-corrected chi connectivity index (χ3v) is 4.46. The van der Waals surface area contributed by atoms with Gasteiger partial charge in [-0.15, -0.1) is 0 Å². The molecule has 0 saturated heterocycles. The molecule has 0 atom stereocenters. The van der Waals surface area contributed by atoms with Crippen LogP contribution in [0.3, 0.4) is 0 Å². The molecule has 0 bridgehead atoms. The van der Waals surface area contributed by atoms with E-state index in [0.29, 0.717) is 0 Å². The van der Waals surface area contributed by atoms with Gasteiger partial charge in [0.15, 0.2) is 0 Å². The first-order valence-electron chi connectivity index (χ1n) is 7.73. The Hall–Kier alpha value is -1.02. The molecule has 0 aromatic heterocycles. The van der Waals surface area contributed by atoms with Gasteiger partial charge in [0.25, 0.3) is 0 Å². The van der Waals surface area contributed by atoms with Crippen molar-refractivity contribution < 1.29 is 0 Å². The first-order valence-corrected chi connectivity index (χ1v) is 7.73. The fraction of sp³-hybridized carbons (Fsp3) is 0.647. The molecule has 1 fully saturated rings. The smallest absolute Gasteiger partial charge is 0.0366 e. The lowest BCUT2D eigenvalue weighted by molar-refractivity contribution is 0.341. The van der Waals surface area contributed by atoms with E-state index in [0.717, 1.165) is 25.0 Å². The largest absolute Gasteiger partial charge is 0.372 e. The van der Waals surface area contributed by atoms with Gasteiger partial charge in [-0.05, 0) is 55.8 Å². The summed E-state index contributed by atoms with van der Waals surface area (Å²) in [6.45, 7) is 6.53.